The van der Waals surface area contributed by atoms with Gasteiger partial charge in [-0.15, -0.1) is 0 Å². The molecule has 2 atom stereocenters. The molecule has 69 heavy (non-hydrogen) atoms. The van der Waals surface area contributed by atoms with Gasteiger partial charge in [-0.2, -0.15) is 0 Å². The number of aliphatic hydroxyl groups is 2. The second-order valence-electron chi connectivity index (χ2n) is 21.7. The van der Waals surface area contributed by atoms with Gasteiger partial charge in [0.2, 0.25) is 5.91 Å². The van der Waals surface area contributed by atoms with Gasteiger partial charge in [0.25, 0.3) is 0 Å². The fraction of sp³-hybridized carbons (Fsp3) is 0.937. The van der Waals surface area contributed by atoms with E-state index in [1.54, 1.807) is 0 Å². The maximum atomic E-state index is 12.5. The molecule has 0 fully saturated rings. The van der Waals surface area contributed by atoms with Crippen LogP contribution in [0.15, 0.2) is 12.2 Å². The number of rotatable bonds is 59. The molecule has 0 radical (unpaired) electrons. The van der Waals surface area contributed by atoms with Crippen molar-refractivity contribution in [2.75, 3.05) is 13.2 Å². The summed E-state index contributed by atoms with van der Waals surface area (Å²) in [6.07, 6.45) is 70.7. The Morgan fingerprint density at radius 1 is 0.391 bits per heavy atom. The first kappa shape index (κ1) is 67.6. The molecule has 0 saturated heterocycles. The van der Waals surface area contributed by atoms with Crippen molar-refractivity contribution in [2.24, 2.45) is 0 Å². The number of hydrogen-bond donors (Lipinski definition) is 3. The highest BCUT2D eigenvalue weighted by Gasteiger charge is 2.20. The van der Waals surface area contributed by atoms with Crippen molar-refractivity contribution in [1.82, 2.24) is 5.32 Å². The summed E-state index contributed by atoms with van der Waals surface area (Å²) < 4.78 is 5.46. The smallest absolute Gasteiger partial charge is 0.305 e. The zero-order chi connectivity index (χ0) is 50.0. The Bertz CT molecular complexity index is 1030. The summed E-state index contributed by atoms with van der Waals surface area (Å²) in [5.74, 6) is -0.0368. The average molecular weight is 975 g/mol. The van der Waals surface area contributed by atoms with E-state index in [0.717, 1.165) is 44.9 Å². The van der Waals surface area contributed by atoms with E-state index in [4.69, 9.17) is 4.74 Å². The van der Waals surface area contributed by atoms with E-state index in [0.29, 0.717) is 25.9 Å². The molecule has 0 rings (SSSR count). The van der Waals surface area contributed by atoms with Crippen molar-refractivity contribution < 1.29 is 24.5 Å². The third kappa shape index (κ3) is 55.8. The molecule has 0 aromatic carbocycles. The Morgan fingerprint density at radius 3 is 1.06 bits per heavy atom. The van der Waals surface area contributed by atoms with Crippen LogP contribution in [-0.4, -0.2) is 47.4 Å². The molecule has 0 aliphatic rings. The minimum Gasteiger partial charge on any atom is -0.466 e. The third-order valence-electron chi connectivity index (χ3n) is 14.8. The number of carbonyl (C=O) groups excluding carboxylic acids is 2. The predicted molar refractivity (Wildman–Crippen MR) is 301 cm³/mol. The highest BCUT2D eigenvalue weighted by atomic mass is 16.5. The van der Waals surface area contributed by atoms with Gasteiger partial charge in [-0.25, -0.2) is 0 Å². The maximum absolute atomic E-state index is 12.5. The largest absolute Gasteiger partial charge is 0.466 e. The summed E-state index contributed by atoms with van der Waals surface area (Å²) in [5, 5.41) is 23.4. The molecule has 0 heterocycles. The summed E-state index contributed by atoms with van der Waals surface area (Å²) in [5.41, 5.74) is 0. The van der Waals surface area contributed by atoms with Crippen LogP contribution in [-0.2, 0) is 14.3 Å². The number of nitrogens with one attached hydrogen (secondary N) is 1. The van der Waals surface area contributed by atoms with Gasteiger partial charge in [-0.1, -0.05) is 302 Å². The second kappa shape index (κ2) is 59.2. The van der Waals surface area contributed by atoms with E-state index in [1.807, 2.05) is 0 Å². The SMILES string of the molecule is CCCCC/C=C\CCCCCCCC(=O)OCCCCCCCCCCCCCCCCCCCCC(=O)NC(CO)C(O)CCCCCCCCCCCCCCCCCCCCCCCC. The van der Waals surface area contributed by atoms with Gasteiger partial charge < -0.3 is 20.3 Å². The first-order valence-electron chi connectivity index (χ1n) is 31.4. The van der Waals surface area contributed by atoms with Crippen molar-refractivity contribution in [2.45, 2.75) is 366 Å². The van der Waals surface area contributed by atoms with Crippen molar-refractivity contribution >= 4 is 11.9 Å². The molecule has 3 N–H and O–H groups in total. The second-order valence-corrected chi connectivity index (χ2v) is 21.7. The molecule has 0 saturated carbocycles. The van der Waals surface area contributed by atoms with Crippen LogP contribution < -0.4 is 5.32 Å². The van der Waals surface area contributed by atoms with Crippen LogP contribution in [0.2, 0.25) is 0 Å². The molecule has 6 nitrogen and oxygen atoms in total. The zero-order valence-corrected chi connectivity index (χ0v) is 46.8. The molecule has 410 valence electrons. The maximum Gasteiger partial charge on any atom is 0.305 e. The van der Waals surface area contributed by atoms with Crippen molar-refractivity contribution in [1.29, 1.82) is 0 Å². The topological polar surface area (TPSA) is 95.9 Å². The van der Waals surface area contributed by atoms with Crippen molar-refractivity contribution in [3.63, 3.8) is 0 Å². The molecule has 0 aromatic heterocycles. The van der Waals surface area contributed by atoms with E-state index >= 15 is 0 Å². The van der Waals surface area contributed by atoms with Crippen LogP contribution in [0.1, 0.15) is 354 Å². The van der Waals surface area contributed by atoms with E-state index in [-0.39, 0.29) is 18.5 Å². The number of allylic oxidation sites excluding steroid dienone is 2. The number of esters is 1. The lowest BCUT2D eigenvalue weighted by Gasteiger charge is -2.22. The number of unbranched alkanes of at least 4 members (excludes halogenated alkanes) is 46. The van der Waals surface area contributed by atoms with Gasteiger partial charge in [0.1, 0.15) is 0 Å². The lowest BCUT2D eigenvalue weighted by atomic mass is 10.0. The number of aliphatic hydroxyl groups excluding tert-OH is 2. The average Bonchev–Trinajstić information content (AvgIpc) is 3.35. The summed E-state index contributed by atoms with van der Waals surface area (Å²) in [6, 6.07) is -0.545. The van der Waals surface area contributed by atoms with E-state index in [1.165, 1.54) is 276 Å². The fourth-order valence-corrected chi connectivity index (χ4v) is 9.99. The molecule has 0 bridgehead atoms. The minimum atomic E-state index is -0.668. The molecule has 0 spiro atoms. The Hall–Kier alpha value is -1.40. The lowest BCUT2D eigenvalue weighted by molar-refractivity contribution is -0.143. The van der Waals surface area contributed by atoms with Crippen LogP contribution >= 0.6 is 0 Å². The van der Waals surface area contributed by atoms with Gasteiger partial charge in [-0.3, -0.25) is 9.59 Å². The molecule has 1 amide bonds. The third-order valence-corrected chi connectivity index (χ3v) is 14.8. The standard InChI is InChI=1S/C63H123NO5/c1-3-5-7-9-11-13-15-17-18-19-20-21-22-23-26-29-32-35-39-43-47-51-55-61(66)60(59-65)64-62(67)56-52-48-44-40-36-33-30-27-24-25-28-31-34-38-42-46-50-54-58-69-63(68)57-53-49-45-41-37-16-14-12-10-8-6-4-2/h12,14,60-61,65-66H,3-11,13,15-59H2,1-2H3,(H,64,67)/b14-12-. The van der Waals surface area contributed by atoms with Gasteiger partial charge in [0.15, 0.2) is 0 Å². The summed E-state index contributed by atoms with van der Waals surface area (Å²) >= 11 is 0. The highest BCUT2D eigenvalue weighted by Crippen LogP contribution is 2.18. The quantitative estimate of drug-likeness (QED) is 0.0321. The van der Waals surface area contributed by atoms with Crippen molar-refractivity contribution in [3.8, 4) is 0 Å². The monoisotopic (exact) mass is 974 g/mol. The van der Waals surface area contributed by atoms with Crippen LogP contribution in [0.3, 0.4) is 0 Å². The number of hydrogen-bond acceptors (Lipinski definition) is 5. The minimum absolute atomic E-state index is 0.00177. The fourth-order valence-electron chi connectivity index (χ4n) is 9.99. The van der Waals surface area contributed by atoms with Crippen molar-refractivity contribution in [3.05, 3.63) is 12.2 Å². The van der Waals surface area contributed by atoms with Gasteiger partial charge in [0, 0.05) is 12.8 Å². The number of amides is 1. The Balaban J connectivity index is 3.41. The van der Waals surface area contributed by atoms with E-state index in [9.17, 15) is 19.8 Å². The van der Waals surface area contributed by atoms with Crippen LogP contribution in [0, 0.1) is 0 Å². The molecule has 0 aliphatic heterocycles. The Morgan fingerprint density at radius 2 is 0.681 bits per heavy atom. The number of ether oxygens (including phenoxy) is 1. The summed E-state index contributed by atoms with van der Waals surface area (Å²) in [7, 11) is 0. The molecule has 2 unspecified atom stereocenters. The van der Waals surface area contributed by atoms with Gasteiger partial charge in [0.05, 0.1) is 25.4 Å². The Labute approximate surface area is 431 Å². The van der Waals surface area contributed by atoms with E-state index < -0.39 is 12.1 Å². The van der Waals surface area contributed by atoms with Crippen LogP contribution in [0.5, 0.6) is 0 Å². The van der Waals surface area contributed by atoms with Crippen LogP contribution in [0.25, 0.3) is 0 Å². The summed E-state index contributed by atoms with van der Waals surface area (Å²) in [4.78, 5) is 24.5. The van der Waals surface area contributed by atoms with Gasteiger partial charge >= 0.3 is 5.97 Å². The first-order valence-corrected chi connectivity index (χ1v) is 31.4. The molecular formula is C63H123NO5. The number of carbonyl (C=O) groups is 2. The normalized spacial score (nSPS) is 12.6. The van der Waals surface area contributed by atoms with E-state index in [2.05, 4.69) is 31.3 Å². The molecule has 0 aromatic rings. The molecule has 0 aliphatic carbocycles. The predicted octanol–water partition coefficient (Wildman–Crippen LogP) is 19.6. The van der Waals surface area contributed by atoms with Crippen LogP contribution in [0.4, 0.5) is 0 Å². The molecule has 6 heteroatoms. The lowest BCUT2D eigenvalue weighted by Crippen LogP contribution is -2.45. The highest BCUT2D eigenvalue weighted by molar-refractivity contribution is 5.76. The molecular weight excluding hydrogens is 851 g/mol. The Kier molecular flexibility index (Phi) is 58.0. The zero-order valence-electron chi connectivity index (χ0n) is 46.8. The van der Waals surface area contributed by atoms with Gasteiger partial charge in [-0.05, 0) is 51.4 Å². The summed E-state index contributed by atoms with van der Waals surface area (Å²) in [6.45, 7) is 4.95. The first-order chi connectivity index (χ1) is 34.0.